The molecule has 0 amide bonds. The highest BCUT2D eigenvalue weighted by Gasteiger charge is 2.11. The zero-order valence-corrected chi connectivity index (χ0v) is 9.67. The van der Waals surface area contributed by atoms with Gasteiger partial charge in [0.25, 0.3) is 0 Å². The maximum absolute atomic E-state index is 5.51. The van der Waals surface area contributed by atoms with E-state index < -0.39 is 0 Å². The minimum Gasteiger partial charge on any atom is -0.493 e. The van der Waals surface area contributed by atoms with Crippen molar-refractivity contribution in [1.29, 1.82) is 0 Å². The SMILES string of the molecule is COc1cc(C=CCl)cc(OC)c1OC. The van der Waals surface area contributed by atoms with Gasteiger partial charge in [-0.05, 0) is 23.8 Å². The third kappa shape index (κ3) is 2.57. The standard InChI is InChI=1S/C11H13ClO3/c1-13-9-6-8(4-5-12)7-10(14-2)11(9)15-3/h4-7H,1-3H3. The van der Waals surface area contributed by atoms with Gasteiger partial charge in [0, 0.05) is 5.54 Å². The number of rotatable bonds is 4. The molecule has 0 radical (unpaired) electrons. The summed E-state index contributed by atoms with van der Waals surface area (Å²) in [5, 5.41) is 0. The fourth-order valence-corrected chi connectivity index (χ4v) is 1.42. The van der Waals surface area contributed by atoms with E-state index in [9.17, 15) is 0 Å². The van der Waals surface area contributed by atoms with E-state index in [1.54, 1.807) is 27.4 Å². The summed E-state index contributed by atoms with van der Waals surface area (Å²) in [6.45, 7) is 0. The number of methoxy groups -OCH3 is 3. The van der Waals surface area contributed by atoms with Crippen LogP contribution in [-0.2, 0) is 0 Å². The van der Waals surface area contributed by atoms with Crippen molar-refractivity contribution >= 4 is 17.7 Å². The van der Waals surface area contributed by atoms with Crippen LogP contribution in [0.3, 0.4) is 0 Å². The smallest absolute Gasteiger partial charge is 0.203 e. The van der Waals surface area contributed by atoms with Gasteiger partial charge in [-0.3, -0.25) is 0 Å². The van der Waals surface area contributed by atoms with E-state index in [1.807, 2.05) is 12.1 Å². The number of benzene rings is 1. The zero-order chi connectivity index (χ0) is 11.3. The summed E-state index contributed by atoms with van der Waals surface area (Å²) in [5.74, 6) is 1.80. The summed E-state index contributed by atoms with van der Waals surface area (Å²) in [6.07, 6.45) is 1.74. The Kier molecular flexibility index (Phi) is 4.31. The Bertz CT molecular complexity index is 336. The molecule has 0 aliphatic heterocycles. The van der Waals surface area contributed by atoms with Crippen LogP contribution in [0.1, 0.15) is 5.56 Å². The lowest BCUT2D eigenvalue weighted by Gasteiger charge is -2.12. The van der Waals surface area contributed by atoms with Crippen LogP contribution in [0.2, 0.25) is 0 Å². The van der Waals surface area contributed by atoms with Crippen molar-refractivity contribution in [3.8, 4) is 17.2 Å². The second-order valence-electron chi connectivity index (χ2n) is 2.75. The maximum atomic E-state index is 5.51. The summed E-state index contributed by atoms with van der Waals surface area (Å²) in [7, 11) is 4.72. The lowest BCUT2D eigenvalue weighted by atomic mass is 10.2. The molecule has 15 heavy (non-hydrogen) atoms. The number of halogens is 1. The molecule has 0 aliphatic carbocycles. The first kappa shape index (κ1) is 11.7. The van der Waals surface area contributed by atoms with Gasteiger partial charge in [0.2, 0.25) is 5.75 Å². The lowest BCUT2D eigenvalue weighted by Crippen LogP contribution is -1.95. The largest absolute Gasteiger partial charge is 0.493 e. The van der Waals surface area contributed by atoms with Crippen LogP contribution in [0.25, 0.3) is 6.08 Å². The molecule has 0 aliphatic rings. The highest BCUT2D eigenvalue weighted by atomic mass is 35.5. The van der Waals surface area contributed by atoms with Crippen LogP contribution in [-0.4, -0.2) is 21.3 Å². The second kappa shape index (κ2) is 5.51. The average Bonchev–Trinajstić information content (AvgIpc) is 2.28. The van der Waals surface area contributed by atoms with Crippen molar-refractivity contribution in [3.05, 3.63) is 23.2 Å². The molecular formula is C11H13ClO3. The fraction of sp³-hybridized carbons (Fsp3) is 0.273. The van der Waals surface area contributed by atoms with Gasteiger partial charge in [-0.1, -0.05) is 11.6 Å². The third-order valence-electron chi connectivity index (χ3n) is 1.94. The number of hydrogen-bond donors (Lipinski definition) is 0. The van der Waals surface area contributed by atoms with Gasteiger partial charge < -0.3 is 14.2 Å². The predicted molar refractivity (Wildman–Crippen MR) is 61.0 cm³/mol. The summed E-state index contributed by atoms with van der Waals surface area (Å²) in [4.78, 5) is 0. The van der Waals surface area contributed by atoms with Gasteiger partial charge in [0.05, 0.1) is 21.3 Å². The topological polar surface area (TPSA) is 27.7 Å². The number of ether oxygens (including phenoxy) is 3. The first-order valence-electron chi connectivity index (χ1n) is 4.33. The van der Waals surface area contributed by atoms with Crippen LogP contribution >= 0.6 is 11.6 Å². The van der Waals surface area contributed by atoms with E-state index in [4.69, 9.17) is 25.8 Å². The van der Waals surface area contributed by atoms with E-state index in [2.05, 4.69) is 0 Å². The van der Waals surface area contributed by atoms with Crippen LogP contribution in [0.4, 0.5) is 0 Å². The quantitative estimate of drug-likeness (QED) is 0.793. The molecule has 0 atom stereocenters. The van der Waals surface area contributed by atoms with Crippen molar-refractivity contribution < 1.29 is 14.2 Å². The molecule has 0 spiro atoms. The van der Waals surface area contributed by atoms with Crippen LogP contribution in [0.15, 0.2) is 17.7 Å². The van der Waals surface area contributed by atoms with E-state index in [1.165, 1.54) is 5.54 Å². The second-order valence-corrected chi connectivity index (χ2v) is 3.00. The zero-order valence-electron chi connectivity index (χ0n) is 8.91. The average molecular weight is 229 g/mol. The molecule has 0 aromatic heterocycles. The van der Waals surface area contributed by atoms with Gasteiger partial charge in [-0.25, -0.2) is 0 Å². The number of hydrogen-bond acceptors (Lipinski definition) is 3. The molecule has 0 heterocycles. The van der Waals surface area contributed by atoms with Crippen molar-refractivity contribution in [2.75, 3.05) is 21.3 Å². The minimum absolute atomic E-state index is 0.576. The Morgan fingerprint density at radius 1 is 1.00 bits per heavy atom. The van der Waals surface area contributed by atoms with Crippen LogP contribution in [0, 0.1) is 0 Å². The van der Waals surface area contributed by atoms with Crippen LogP contribution < -0.4 is 14.2 Å². The molecule has 0 saturated heterocycles. The third-order valence-corrected chi connectivity index (χ3v) is 2.07. The highest BCUT2D eigenvalue weighted by molar-refractivity contribution is 6.27. The van der Waals surface area contributed by atoms with Gasteiger partial charge in [-0.15, -0.1) is 0 Å². The molecule has 0 bridgehead atoms. The van der Waals surface area contributed by atoms with Crippen LogP contribution in [0.5, 0.6) is 17.2 Å². The van der Waals surface area contributed by atoms with Crippen molar-refractivity contribution in [2.24, 2.45) is 0 Å². The molecule has 1 aromatic rings. The van der Waals surface area contributed by atoms with Gasteiger partial charge in [-0.2, -0.15) is 0 Å². The van der Waals surface area contributed by atoms with Crippen molar-refractivity contribution in [2.45, 2.75) is 0 Å². The molecule has 0 fully saturated rings. The molecule has 1 aromatic carbocycles. The van der Waals surface area contributed by atoms with Gasteiger partial charge in [0.15, 0.2) is 11.5 Å². The molecule has 0 unspecified atom stereocenters. The summed E-state index contributed by atoms with van der Waals surface area (Å²) >= 11 is 5.51. The van der Waals surface area contributed by atoms with E-state index >= 15 is 0 Å². The van der Waals surface area contributed by atoms with Gasteiger partial charge >= 0.3 is 0 Å². The maximum Gasteiger partial charge on any atom is 0.203 e. The van der Waals surface area contributed by atoms with E-state index in [0.717, 1.165) is 5.56 Å². The highest BCUT2D eigenvalue weighted by Crippen LogP contribution is 2.38. The molecule has 0 N–H and O–H groups in total. The van der Waals surface area contributed by atoms with Crippen molar-refractivity contribution in [3.63, 3.8) is 0 Å². The molecule has 4 heteroatoms. The predicted octanol–water partition coefficient (Wildman–Crippen LogP) is 2.92. The molecule has 3 nitrogen and oxygen atoms in total. The Hall–Kier alpha value is -1.35. The molecular weight excluding hydrogens is 216 g/mol. The Morgan fingerprint density at radius 2 is 1.53 bits per heavy atom. The first-order chi connectivity index (χ1) is 7.26. The summed E-state index contributed by atoms with van der Waals surface area (Å²) < 4.78 is 15.6. The van der Waals surface area contributed by atoms with E-state index in [0.29, 0.717) is 17.2 Å². The summed E-state index contributed by atoms with van der Waals surface area (Å²) in [6, 6.07) is 3.64. The van der Waals surface area contributed by atoms with Crippen molar-refractivity contribution in [1.82, 2.24) is 0 Å². The van der Waals surface area contributed by atoms with E-state index in [-0.39, 0.29) is 0 Å². The normalized spacial score (nSPS) is 10.4. The fourth-order valence-electron chi connectivity index (χ4n) is 1.27. The molecule has 82 valence electrons. The Labute approximate surface area is 94.2 Å². The molecule has 0 saturated carbocycles. The monoisotopic (exact) mass is 228 g/mol. The Morgan fingerprint density at radius 3 is 1.87 bits per heavy atom. The Balaban J connectivity index is 3.28. The lowest BCUT2D eigenvalue weighted by molar-refractivity contribution is 0.324. The minimum atomic E-state index is 0.576. The molecule has 1 rings (SSSR count). The van der Waals surface area contributed by atoms with Gasteiger partial charge in [0.1, 0.15) is 0 Å². The summed E-state index contributed by atoms with van der Waals surface area (Å²) in [5.41, 5.74) is 2.32. The first-order valence-corrected chi connectivity index (χ1v) is 4.77.